The van der Waals surface area contributed by atoms with Gasteiger partial charge in [-0.1, -0.05) is 19.1 Å². The number of para-hydroxylation sites is 1. The highest BCUT2D eigenvalue weighted by molar-refractivity contribution is 5.85. The molecule has 0 aliphatic carbocycles. The molecule has 0 bridgehead atoms. The quantitative estimate of drug-likeness (QED) is 0.659. The van der Waals surface area contributed by atoms with Crippen LogP contribution in [0.3, 0.4) is 0 Å². The van der Waals surface area contributed by atoms with E-state index in [1.165, 1.54) is 5.56 Å². The average Bonchev–Trinajstić information content (AvgIpc) is 2.16. The van der Waals surface area contributed by atoms with E-state index < -0.39 is 0 Å². The van der Waals surface area contributed by atoms with Gasteiger partial charge in [0, 0.05) is 25.3 Å². The summed E-state index contributed by atoms with van der Waals surface area (Å²) in [5.41, 5.74) is 3.03. The third-order valence-corrected chi connectivity index (χ3v) is 2.11. The fraction of sp³-hybridized carbons (Fsp3) is 0.364. The Kier molecular flexibility index (Phi) is 3.07. The number of hydrogen-bond acceptors (Lipinski definition) is 2. The van der Waals surface area contributed by atoms with Gasteiger partial charge in [-0.3, -0.25) is 4.79 Å². The van der Waals surface area contributed by atoms with Gasteiger partial charge < -0.3 is 4.90 Å². The summed E-state index contributed by atoms with van der Waals surface area (Å²) in [4.78, 5) is 12.8. The second kappa shape index (κ2) is 4.08. The van der Waals surface area contributed by atoms with E-state index in [-0.39, 0.29) is 0 Å². The Morgan fingerprint density at radius 1 is 1.38 bits per heavy atom. The third kappa shape index (κ3) is 1.89. The molecule has 0 radical (unpaired) electrons. The van der Waals surface area contributed by atoms with Crippen LogP contribution in [-0.4, -0.2) is 20.4 Å². The zero-order valence-corrected chi connectivity index (χ0v) is 8.37. The lowest BCUT2D eigenvalue weighted by Gasteiger charge is -2.18. The van der Waals surface area contributed by atoms with E-state index >= 15 is 0 Å². The van der Waals surface area contributed by atoms with Gasteiger partial charge in [0.25, 0.3) is 0 Å². The topological polar surface area (TPSA) is 20.3 Å². The molecular formula is C11H15NO. The molecule has 0 N–H and O–H groups in total. The summed E-state index contributed by atoms with van der Waals surface area (Å²) < 4.78 is 0. The van der Waals surface area contributed by atoms with Crippen LogP contribution in [-0.2, 0) is 6.42 Å². The van der Waals surface area contributed by atoms with Crippen LogP contribution < -0.4 is 4.90 Å². The molecule has 0 aromatic heterocycles. The third-order valence-electron chi connectivity index (χ3n) is 2.11. The van der Waals surface area contributed by atoms with Crippen molar-refractivity contribution in [2.75, 3.05) is 19.0 Å². The average molecular weight is 177 g/mol. The van der Waals surface area contributed by atoms with Crippen molar-refractivity contribution in [2.24, 2.45) is 0 Å². The van der Waals surface area contributed by atoms with E-state index in [0.717, 1.165) is 24.0 Å². The first-order valence-corrected chi connectivity index (χ1v) is 4.45. The summed E-state index contributed by atoms with van der Waals surface area (Å²) in [5.74, 6) is 0. The first kappa shape index (κ1) is 9.78. The first-order valence-electron chi connectivity index (χ1n) is 4.45. The Hall–Kier alpha value is -1.31. The van der Waals surface area contributed by atoms with Crippen LogP contribution in [0.5, 0.6) is 0 Å². The highest BCUT2D eigenvalue weighted by Crippen LogP contribution is 2.22. The number of carbonyl (C=O) groups is 1. The Bertz CT molecular complexity index is 305. The van der Waals surface area contributed by atoms with Crippen molar-refractivity contribution >= 4 is 12.0 Å². The van der Waals surface area contributed by atoms with Gasteiger partial charge >= 0.3 is 0 Å². The molecule has 0 fully saturated rings. The molecule has 0 aliphatic rings. The predicted molar refractivity (Wildman–Crippen MR) is 55.5 cm³/mol. The van der Waals surface area contributed by atoms with Gasteiger partial charge in [0.05, 0.1) is 0 Å². The van der Waals surface area contributed by atoms with Crippen molar-refractivity contribution in [2.45, 2.75) is 13.3 Å². The number of aryl methyl sites for hydroxylation is 1. The monoisotopic (exact) mass is 177 g/mol. The number of anilines is 1. The summed E-state index contributed by atoms with van der Waals surface area (Å²) in [6, 6.07) is 5.83. The lowest BCUT2D eigenvalue weighted by molar-refractivity contribution is 0.112. The lowest BCUT2D eigenvalue weighted by atomic mass is 10.1. The Morgan fingerprint density at radius 3 is 2.54 bits per heavy atom. The maximum atomic E-state index is 10.8. The highest BCUT2D eigenvalue weighted by atomic mass is 16.1. The van der Waals surface area contributed by atoms with Crippen molar-refractivity contribution in [3.63, 3.8) is 0 Å². The zero-order valence-electron chi connectivity index (χ0n) is 8.37. The van der Waals surface area contributed by atoms with Crippen molar-refractivity contribution in [1.82, 2.24) is 0 Å². The molecule has 1 rings (SSSR count). The minimum atomic E-state index is 0.768. The molecule has 1 aromatic rings. The van der Waals surface area contributed by atoms with E-state index in [0.29, 0.717) is 0 Å². The minimum absolute atomic E-state index is 0.768. The van der Waals surface area contributed by atoms with Gasteiger partial charge in [-0.05, 0) is 18.1 Å². The molecule has 0 amide bonds. The minimum Gasteiger partial charge on any atom is -0.377 e. The number of hydrogen-bond donors (Lipinski definition) is 0. The molecule has 0 spiro atoms. The van der Waals surface area contributed by atoms with Crippen molar-refractivity contribution in [3.8, 4) is 0 Å². The molecule has 0 unspecified atom stereocenters. The van der Waals surface area contributed by atoms with Gasteiger partial charge in [0.15, 0.2) is 6.29 Å². The number of carbonyl (C=O) groups excluding carboxylic acids is 1. The summed E-state index contributed by atoms with van der Waals surface area (Å²) in [6.07, 6.45) is 1.86. The standard InChI is InChI=1S/C11H15NO/c1-4-9-6-5-7-10(8-13)11(9)12(2)3/h5-8H,4H2,1-3H3. The number of nitrogens with zero attached hydrogens (tertiary/aromatic N) is 1. The van der Waals surface area contributed by atoms with Gasteiger partial charge in [-0.15, -0.1) is 0 Å². The van der Waals surface area contributed by atoms with E-state index in [2.05, 4.69) is 13.0 Å². The smallest absolute Gasteiger partial charge is 0.152 e. The van der Waals surface area contributed by atoms with Crippen LogP contribution in [0.1, 0.15) is 22.8 Å². The Labute approximate surface area is 79.2 Å². The lowest BCUT2D eigenvalue weighted by Crippen LogP contribution is -2.13. The molecule has 1 aromatic carbocycles. The molecule has 0 aliphatic heterocycles. The SMILES string of the molecule is CCc1cccc(C=O)c1N(C)C. The predicted octanol–water partition coefficient (Wildman–Crippen LogP) is 2.13. The number of rotatable bonds is 3. The van der Waals surface area contributed by atoms with Crippen molar-refractivity contribution in [3.05, 3.63) is 29.3 Å². The summed E-state index contributed by atoms with van der Waals surface area (Å²) in [7, 11) is 3.92. The van der Waals surface area contributed by atoms with Crippen LogP contribution in [0.25, 0.3) is 0 Å². The molecule has 70 valence electrons. The van der Waals surface area contributed by atoms with Crippen LogP contribution >= 0.6 is 0 Å². The molecule has 2 heteroatoms. The van der Waals surface area contributed by atoms with Crippen LogP contribution in [0.4, 0.5) is 5.69 Å². The van der Waals surface area contributed by atoms with E-state index in [4.69, 9.17) is 0 Å². The molecule has 2 nitrogen and oxygen atoms in total. The van der Waals surface area contributed by atoms with E-state index in [1.54, 1.807) is 0 Å². The molecule has 0 heterocycles. The maximum Gasteiger partial charge on any atom is 0.152 e. The second-order valence-corrected chi connectivity index (χ2v) is 3.22. The normalized spacial score (nSPS) is 9.77. The maximum absolute atomic E-state index is 10.8. The van der Waals surface area contributed by atoms with Crippen molar-refractivity contribution in [1.29, 1.82) is 0 Å². The van der Waals surface area contributed by atoms with E-state index in [1.807, 2.05) is 31.1 Å². The Morgan fingerprint density at radius 2 is 2.08 bits per heavy atom. The van der Waals surface area contributed by atoms with Gasteiger partial charge in [0.2, 0.25) is 0 Å². The number of benzene rings is 1. The van der Waals surface area contributed by atoms with Crippen LogP contribution in [0, 0.1) is 0 Å². The second-order valence-electron chi connectivity index (χ2n) is 3.22. The molecular weight excluding hydrogens is 162 g/mol. The Balaban J connectivity index is 3.29. The summed E-state index contributed by atoms with van der Waals surface area (Å²) in [5, 5.41) is 0. The van der Waals surface area contributed by atoms with Gasteiger partial charge in [-0.2, -0.15) is 0 Å². The first-order chi connectivity index (χ1) is 6.20. The molecule has 0 saturated carbocycles. The van der Waals surface area contributed by atoms with Crippen LogP contribution in [0.2, 0.25) is 0 Å². The van der Waals surface area contributed by atoms with E-state index in [9.17, 15) is 4.79 Å². The largest absolute Gasteiger partial charge is 0.377 e. The summed E-state index contributed by atoms with van der Waals surface area (Å²) >= 11 is 0. The van der Waals surface area contributed by atoms with Crippen LogP contribution in [0.15, 0.2) is 18.2 Å². The van der Waals surface area contributed by atoms with Crippen molar-refractivity contribution < 1.29 is 4.79 Å². The summed E-state index contributed by atoms with van der Waals surface area (Å²) in [6.45, 7) is 2.09. The van der Waals surface area contributed by atoms with Gasteiger partial charge in [-0.25, -0.2) is 0 Å². The zero-order chi connectivity index (χ0) is 9.84. The molecule has 0 saturated heterocycles. The van der Waals surface area contributed by atoms with Gasteiger partial charge in [0.1, 0.15) is 0 Å². The highest BCUT2D eigenvalue weighted by Gasteiger charge is 2.07. The molecule has 0 atom stereocenters. The molecule has 13 heavy (non-hydrogen) atoms. The number of aldehydes is 1. The fourth-order valence-electron chi connectivity index (χ4n) is 1.54. The fourth-order valence-corrected chi connectivity index (χ4v) is 1.54.